The molecular weight excluding hydrogens is 140 g/mol. The van der Waals surface area contributed by atoms with Crippen molar-refractivity contribution in [2.75, 3.05) is 0 Å². The van der Waals surface area contributed by atoms with Crippen LogP contribution in [0.15, 0.2) is 35.4 Å². The molecule has 0 bridgehead atoms. The highest BCUT2D eigenvalue weighted by molar-refractivity contribution is 5.73. The second-order valence-corrected chi connectivity index (χ2v) is 2.18. The summed E-state index contributed by atoms with van der Waals surface area (Å²) in [5.41, 5.74) is 0.298. The molecule has 0 radical (unpaired) electrons. The Hall–Kier alpha value is -1.64. The number of hydrogen-bond donors (Lipinski definition) is 1. The third kappa shape index (κ3) is 0.902. The van der Waals surface area contributed by atoms with E-state index in [2.05, 4.69) is 4.98 Å². The normalized spacial score (nSPS) is 11.5. The second kappa shape index (κ2) is 2.20. The summed E-state index contributed by atoms with van der Waals surface area (Å²) in [7, 11) is 0. The van der Waals surface area contributed by atoms with Crippen LogP contribution in [0.1, 0.15) is 0 Å². The van der Waals surface area contributed by atoms with E-state index in [1.165, 1.54) is 12.3 Å². The van der Waals surface area contributed by atoms with Crippen molar-refractivity contribution < 1.29 is 1.41 Å². The molecule has 0 saturated heterocycles. The molecule has 0 saturated carbocycles. The molecular formula is C8H6N2O. The van der Waals surface area contributed by atoms with Crippen molar-refractivity contribution in [1.29, 1.82) is 0 Å². The van der Waals surface area contributed by atoms with Crippen molar-refractivity contribution in [3.8, 4) is 0 Å². The van der Waals surface area contributed by atoms with Crippen molar-refractivity contribution in [2.24, 2.45) is 0 Å². The van der Waals surface area contributed by atoms with Gasteiger partial charge in [-0.2, -0.15) is 0 Å². The maximum Gasteiger partial charge on any atom is 0.191 e. The first-order valence-electron chi connectivity index (χ1n) is 3.69. The minimum atomic E-state index is -0.0957. The lowest BCUT2D eigenvalue weighted by molar-refractivity contribution is 1.28. The largest absolute Gasteiger partial charge is 0.346 e. The Kier molecular flexibility index (Phi) is 1.01. The van der Waals surface area contributed by atoms with Crippen LogP contribution >= 0.6 is 0 Å². The van der Waals surface area contributed by atoms with Gasteiger partial charge in [0.05, 0.1) is 5.39 Å². The van der Waals surface area contributed by atoms with Crippen LogP contribution in [-0.2, 0) is 0 Å². The number of rotatable bonds is 0. The van der Waals surface area contributed by atoms with Crippen LogP contribution in [0.2, 0.25) is 1.41 Å². The zero-order valence-electron chi connectivity index (χ0n) is 6.69. The van der Waals surface area contributed by atoms with Gasteiger partial charge in [-0.3, -0.25) is 4.79 Å². The first kappa shape index (κ1) is 5.07. The van der Waals surface area contributed by atoms with Crippen LogP contribution < -0.4 is 5.43 Å². The Morgan fingerprint density at radius 1 is 1.55 bits per heavy atom. The number of H-pyrrole nitrogens is 1. The highest BCUT2D eigenvalue weighted by Crippen LogP contribution is 1.99. The highest BCUT2D eigenvalue weighted by Gasteiger charge is 1.94. The Bertz CT molecular complexity index is 478. The summed E-state index contributed by atoms with van der Waals surface area (Å²) in [5.74, 6) is 0. The summed E-state index contributed by atoms with van der Waals surface area (Å²) in [6.45, 7) is 0. The fraction of sp³-hybridized carbons (Fsp3) is 0. The smallest absolute Gasteiger partial charge is 0.191 e. The summed E-state index contributed by atoms with van der Waals surface area (Å²) in [6.07, 6.45) is 2.95. The summed E-state index contributed by atoms with van der Waals surface area (Å²) in [5, 5.41) is 0.481. The molecule has 54 valence electrons. The van der Waals surface area contributed by atoms with E-state index in [0.717, 1.165) is 4.98 Å². The Labute approximate surface area is 64.2 Å². The van der Waals surface area contributed by atoms with Crippen LogP contribution in [0.5, 0.6) is 0 Å². The molecule has 2 rings (SSSR count). The number of nitrogens with one attached hydrogen (secondary N) is 1. The van der Waals surface area contributed by atoms with E-state index in [1.807, 2.05) is 0 Å². The molecule has 1 N–H and O–H groups in total. The van der Waals surface area contributed by atoms with Crippen molar-refractivity contribution in [1.82, 2.24) is 9.96 Å². The molecule has 2 aromatic rings. The highest BCUT2D eigenvalue weighted by atomic mass is 16.1. The minimum absolute atomic E-state index is 0.0957. The average molecular weight is 147 g/mol. The lowest BCUT2D eigenvalue weighted by Crippen LogP contribution is -2.00. The van der Waals surface area contributed by atoms with Crippen LogP contribution in [-0.4, -0.2) is 9.96 Å². The lowest BCUT2D eigenvalue weighted by atomic mass is 10.3. The van der Waals surface area contributed by atoms with Gasteiger partial charge < -0.3 is 4.98 Å². The van der Waals surface area contributed by atoms with Gasteiger partial charge in [0.2, 0.25) is 0 Å². The van der Waals surface area contributed by atoms with E-state index < -0.39 is 0 Å². The fourth-order valence-electron chi connectivity index (χ4n) is 0.958. The number of nitrogens with zero attached hydrogens (tertiary/aromatic N) is 1. The van der Waals surface area contributed by atoms with Gasteiger partial charge in [-0.15, -0.1) is 0 Å². The molecule has 2 heterocycles. The number of hydrogen-bond acceptors (Lipinski definition) is 2. The summed E-state index contributed by atoms with van der Waals surface area (Å²) >= 11 is 0. The molecule has 2 aromatic heterocycles. The number of pyridine rings is 2. The molecule has 0 amide bonds. The van der Waals surface area contributed by atoms with Gasteiger partial charge in [-0.05, 0) is 12.1 Å². The van der Waals surface area contributed by atoms with Crippen molar-refractivity contribution in [3.05, 3.63) is 40.8 Å². The van der Waals surface area contributed by atoms with E-state index in [-0.39, 0.29) is 5.43 Å². The molecule has 11 heavy (non-hydrogen) atoms. The van der Waals surface area contributed by atoms with E-state index in [1.54, 1.807) is 18.3 Å². The number of fused-ring (bicyclic) bond motifs is 1. The van der Waals surface area contributed by atoms with Gasteiger partial charge in [0.25, 0.3) is 0 Å². The van der Waals surface area contributed by atoms with Crippen molar-refractivity contribution in [3.63, 3.8) is 0 Å². The SMILES string of the molecule is [2H]n1ccc(=O)c2cccnc21. The first-order valence-corrected chi connectivity index (χ1v) is 3.25. The Morgan fingerprint density at radius 3 is 3.27 bits per heavy atom. The monoisotopic (exact) mass is 147 g/mol. The average Bonchev–Trinajstić information content (AvgIpc) is 2.12. The first-order chi connectivity index (χ1) is 5.79. The van der Waals surface area contributed by atoms with Gasteiger partial charge in [0.15, 0.2) is 6.84 Å². The molecule has 0 spiro atoms. The summed E-state index contributed by atoms with van der Waals surface area (Å²) < 4.78 is 7.38. The maximum atomic E-state index is 11.2. The molecule has 0 fully saturated rings. The third-order valence-corrected chi connectivity index (χ3v) is 1.47. The fourth-order valence-corrected chi connectivity index (χ4v) is 0.958. The third-order valence-electron chi connectivity index (χ3n) is 1.47. The maximum absolute atomic E-state index is 11.2. The van der Waals surface area contributed by atoms with Crippen molar-refractivity contribution >= 4 is 11.0 Å². The lowest BCUT2D eigenvalue weighted by Gasteiger charge is -1.91. The molecule has 3 nitrogen and oxygen atoms in total. The molecule has 0 atom stereocenters. The van der Waals surface area contributed by atoms with Gasteiger partial charge >= 0.3 is 0 Å². The molecule has 3 heteroatoms. The van der Waals surface area contributed by atoms with E-state index in [4.69, 9.17) is 1.41 Å². The zero-order valence-corrected chi connectivity index (χ0v) is 5.69. The minimum Gasteiger partial charge on any atom is -0.346 e. The van der Waals surface area contributed by atoms with Crippen LogP contribution in [0, 0.1) is 0 Å². The molecule has 0 aliphatic heterocycles. The molecule has 0 aliphatic carbocycles. The Morgan fingerprint density at radius 2 is 2.45 bits per heavy atom. The topological polar surface area (TPSA) is 45.8 Å². The predicted molar refractivity (Wildman–Crippen MR) is 42.4 cm³/mol. The second-order valence-electron chi connectivity index (χ2n) is 2.18. The summed E-state index contributed by atoms with van der Waals surface area (Å²) in [4.78, 5) is 16.2. The van der Waals surface area contributed by atoms with Gasteiger partial charge in [-0.1, -0.05) is 0 Å². The van der Waals surface area contributed by atoms with E-state index in [0.29, 0.717) is 11.0 Å². The number of aromatic amines is 1. The van der Waals surface area contributed by atoms with Crippen LogP contribution in [0.25, 0.3) is 11.0 Å². The van der Waals surface area contributed by atoms with Gasteiger partial charge in [-0.25, -0.2) is 4.98 Å². The predicted octanol–water partition coefficient (Wildman–Crippen LogP) is 0.923. The molecule has 0 aliphatic rings. The van der Waals surface area contributed by atoms with E-state index >= 15 is 0 Å². The van der Waals surface area contributed by atoms with Crippen LogP contribution in [0.3, 0.4) is 0 Å². The Balaban J connectivity index is 3.05. The quantitative estimate of drug-likeness (QED) is 0.602. The van der Waals surface area contributed by atoms with E-state index in [9.17, 15) is 4.79 Å². The van der Waals surface area contributed by atoms with Gasteiger partial charge in [0.1, 0.15) is 5.65 Å². The summed E-state index contributed by atoms with van der Waals surface area (Å²) in [6, 6.07) is 4.70. The van der Waals surface area contributed by atoms with Crippen LogP contribution in [0.4, 0.5) is 0 Å². The standard InChI is InChI=1S/C8H6N2O/c11-7-3-5-10-8-6(7)2-1-4-9-8/h1-5H,(H,9,10,11)/i/hD. The number of aromatic nitrogens is 2. The van der Waals surface area contributed by atoms with Gasteiger partial charge in [0, 0.05) is 18.5 Å². The van der Waals surface area contributed by atoms with Crippen molar-refractivity contribution in [2.45, 2.75) is 0 Å². The molecule has 0 aromatic carbocycles. The zero-order chi connectivity index (χ0) is 8.55. The molecule has 0 unspecified atom stereocenters.